The summed E-state index contributed by atoms with van der Waals surface area (Å²) in [6.45, 7) is 6.92. The van der Waals surface area contributed by atoms with Crippen molar-refractivity contribution in [3.05, 3.63) is 17.7 Å². The zero-order valence-corrected chi connectivity index (χ0v) is 17.9. The SMILES string of the molecule is COc1ccc(CN2CCN(CCOCCO)CC2)c(OC)c1OC.Cl.Cl. The van der Waals surface area contributed by atoms with Crippen LogP contribution in [0, 0.1) is 0 Å². The van der Waals surface area contributed by atoms with Crippen molar-refractivity contribution in [2.75, 3.05) is 73.9 Å². The van der Waals surface area contributed by atoms with E-state index in [0.29, 0.717) is 24.7 Å². The Bertz CT molecular complexity index is 529. The summed E-state index contributed by atoms with van der Waals surface area (Å²) in [5, 5.41) is 8.72. The molecule has 0 amide bonds. The molecule has 1 aromatic carbocycles. The van der Waals surface area contributed by atoms with Crippen LogP contribution in [-0.2, 0) is 11.3 Å². The van der Waals surface area contributed by atoms with Gasteiger partial charge in [-0.3, -0.25) is 9.80 Å². The largest absolute Gasteiger partial charge is 0.493 e. The molecule has 27 heavy (non-hydrogen) atoms. The van der Waals surface area contributed by atoms with Gasteiger partial charge in [0.05, 0.1) is 41.2 Å². The summed E-state index contributed by atoms with van der Waals surface area (Å²) in [5.74, 6) is 2.06. The molecule has 0 saturated carbocycles. The van der Waals surface area contributed by atoms with Crippen LogP contribution in [0.3, 0.4) is 0 Å². The van der Waals surface area contributed by atoms with Crippen LogP contribution >= 0.6 is 24.8 Å². The first-order valence-electron chi connectivity index (χ1n) is 8.64. The smallest absolute Gasteiger partial charge is 0.203 e. The van der Waals surface area contributed by atoms with Gasteiger partial charge in [0.2, 0.25) is 5.75 Å². The first-order valence-corrected chi connectivity index (χ1v) is 8.64. The minimum absolute atomic E-state index is 0. The number of rotatable bonds is 10. The van der Waals surface area contributed by atoms with Crippen molar-refractivity contribution >= 4 is 24.8 Å². The quantitative estimate of drug-likeness (QED) is 0.570. The molecule has 0 atom stereocenters. The summed E-state index contributed by atoms with van der Waals surface area (Å²) in [4.78, 5) is 4.80. The van der Waals surface area contributed by atoms with Crippen molar-refractivity contribution in [3.63, 3.8) is 0 Å². The Labute approximate surface area is 174 Å². The van der Waals surface area contributed by atoms with Crippen LogP contribution in [0.25, 0.3) is 0 Å². The van der Waals surface area contributed by atoms with E-state index in [1.165, 1.54) is 0 Å². The zero-order chi connectivity index (χ0) is 18.1. The Kier molecular flexibility index (Phi) is 13.6. The van der Waals surface area contributed by atoms with Crippen LogP contribution < -0.4 is 14.2 Å². The van der Waals surface area contributed by atoms with Gasteiger partial charge in [-0.25, -0.2) is 0 Å². The van der Waals surface area contributed by atoms with Gasteiger partial charge in [0.25, 0.3) is 0 Å². The first-order chi connectivity index (χ1) is 12.2. The van der Waals surface area contributed by atoms with E-state index in [1.54, 1.807) is 21.3 Å². The van der Waals surface area contributed by atoms with Gasteiger partial charge in [-0.15, -0.1) is 24.8 Å². The van der Waals surface area contributed by atoms with E-state index in [4.69, 9.17) is 24.1 Å². The maximum atomic E-state index is 8.72. The van der Waals surface area contributed by atoms with Crippen molar-refractivity contribution in [1.82, 2.24) is 9.80 Å². The number of hydrogen-bond donors (Lipinski definition) is 1. The molecular formula is C18H32Cl2N2O5. The number of ether oxygens (including phenoxy) is 4. The van der Waals surface area contributed by atoms with Crippen molar-refractivity contribution < 1.29 is 24.1 Å². The molecule has 1 aromatic rings. The van der Waals surface area contributed by atoms with Gasteiger partial charge in [0, 0.05) is 44.8 Å². The first kappa shape index (κ1) is 26.0. The molecule has 1 heterocycles. The number of nitrogens with zero attached hydrogens (tertiary/aromatic N) is 2. The van der Waals surface area contributed by atoms with Gasteiger partial charge in [0.15, 0.2) is 11.5 Å². The predicted octanol–water partition coefficient (Wildman–Crippen LogP) is 1.68. The molecule has 2 rings (SSSR count). The monoisotopic (exact) mass is 426 g/mol. The van der Waals surface area contributed by atoms with E-state index < -0.39 is 0 Å². The fourth-order valence-electron chi connectivity index (χ4n) is 3.06. The van der Waals surface area contributed by atoms with E-state index in [1.807, 2.05) is 12.1 Å². The fourth-order valence-corrected chi connectivity index (χ4v) is 3.06. The second-order valence-electron chi connectivity index (χ2n) is 5.95. The molecule has 0 radical (unpaired) electrons. The number of aliphatic hydroxyl groups is 1. The van der Waals surface area contributed by atoms with Crippen molar-refractivity contribution in [3.8, 4) is 17.2 Å². The Balaban J connectivity index is 0.00000338. The summed E-state index contributed by atoms with van der Waals surface area (Å²) in [6.07, 6.45) is 0. The molecule has 0 spiro atoms. The zero-order valence-electron chi connectivity index (χ0n) is 16.3. The molecule has 1 saturated heterocycles. The maximum absolute atomic E-state index is 8.72. The molecule has 0 aliphatic carbocycles. The van der Waals surface area contributed by atoms with Crippen LogP contribution in [0.2, 0.25) is 0 Å². The standard InChI is InChI=1S/C18H30N2O5.2ClH/c1-22-16-5-4-15(17(23-2)18(16)24-3)14-20-8-6-19(7-9-20)10-12-25-13-11-21;;/h4-5,21H,6-14H2,1-3H3;2*1H. The van der Waals surface area contributed by atoms with Crippen molar-refractivity contribution in [2.24, 2.45) is 0 Å². The highest BCUT2D eigenvalue weighted by Gasteiger charge is 2.21. The van der Waals surface area contributed by atoms with E-state index in [9.17, 15) is 0 Å². The van der Waals surface area contributed by atoms with Crippen LogP contribution in [-0.4, -0.2) is 88.8 Å². The topological polar surface area (TPSA) is 63.6 Å². The number of halogens is 2. The molecule has 1 aliphatic rings. The summed E-state index contributed by atoms with van der Waals surface area (Å²) in [6, 6.07) is 3.96. The second-order valence-corrected chi connectivity index (χ2v) is 5.95. The number of hydrogen-bond acceptors (Lipinski definition) is 7. The molecule has 7 nitrogen and oxygen atoms in total. The number of benzene rings is 1. The Hall–Kier alpha value is -0.960. The lowest BCUT2D eigenvalue weighted by Gasteiger charge is -2.34. The Morgan fingerprint density at radius 1 is 0.852 bits per heavy atom. The van der Waals surface area contributed by atoms with Crippen molar-refractivity contribution in [2.45, 2.75) is 6.54 Å². The van der Waals surface area contributed by atoms with E-state index in [2.05, 4.69) is 9.80 Å². The van der Waals surface area contributed by atoms with Gasteiger partial charge < -0.3 is 24.1 Å². The highest BCUT2D eigenvalue weighted by Crippen LogP contribution is 2.40. The normalized spacial score (nSPS) is 14.8. The van der Waals surface area contributed by atoms with Gasteiger partial charge in [-0.2, -0.15) is 0 Å². The van der Waals surface area contributed by atoms with Gasteiger partial charge in [-0.1, -0.05) is 6.07 Å². The predicted molar refractivity (Wildman–Crippen MR) is 110 cm³/mol. The van der Waals surface area contributed by atoms with E-state index >= 15 is 0 Å². The third-order valence-corrected chi connectivity index (χ3v) is 4.43. The van der Waals surface area contributed by atoms with Crippen LogP contribution in [0.4, 0.5) is 0 Å². The van der Waals surface area contributed by atoms with E-state index in [0.717, 1.165) is 50.6 Å². The second kappa shape index (κ2) is 14.1. The molecule has 0 aromatic heterocycles. The number of methoxy groups -OCH3 is 3. The summed E-state index contributed by atoms with van der Waals surface area (Å²) in [5.41, 5.74) is 1.10. The molecule has 1 N–H and O–H groups in total. The van der Waals surface area contributed by atoms with Gasteiger partial charge >= 0.3 is 0 Å². The Morgan fingerprint density at radius 3 is 2.04 bits per heavy atom. The summed E-state index contributed by atoms with van der Waals surface area (Å²) < 4.78 is 21.7. The van der Waals surface area contributed by atoms with Gasteiger partial charge in [0.1, 0.15) is 0 Å². The third kappa shape index (κ3) is 7.52. The number of piperazine rings is 1. The highest BCUT2D eigenvalue weighted by molar-refractivity contribution is 5.85. The lowest BCUT2D eigenvalue weighted by atomic mass is 10.1. The molecular weight excluding hydrogens is 395 g/mol. The number of aliphatic hydroxyl groups excluding tert-OH is 1. The molecule has 9 heteroatoms. The average Bonchev–Trinajstić information content (AvgIpc) is 2.66. The minimum Gasteiger partial charge on any atom is -0.493 e. The molecule has 0 unspecified atom stereocenters. The fraction of sp³-hybridized carbons (Fsp3) is 0.667. The summed E-state index contributed by atoms with van der Waals surface area (Å²) >= 11 is 0. The van der Waals surface area contributed by atoms with Crippen LogP contribution in [0.15, 0.2) is 12.1 Å². The summed E-state index contributed by atoms with van der Waals surface area (Å²) in [7, 11) is 4.91. The van der Waals surface area contributed by atoms with Gasteiger partial charge in [-0.05, 0) is 6.07 Å². The lowest BCUT2D eigenvalue weighted by molar-refractivity contribution is 0.0562. The minimum atomic E-state index is 0. The third-order valence-electron chi connectivity index (χ3n) is 4.43. The van der Waals surface area contributed by atoms with E-state index in [-0.39, 0.29) is 31.4 Å². The Morgan fingerprint density at radius 2 is 1.48 bits per heavy atom. The molecule has 1 aliphatic heterocycles. The van der Waals surface area contributed by atoms with Crippen LogP contribution in [0.5, 0.6) is 17.2 Å². The maximum Gasteiger partial charge on any atom is 0.203 e. The molecule has 1 fully saturated rings. The van der Waals surface area contributed by atoms with Crippen LogP contribution in [0.1, 0.15) is 5.56 Å². The molecule has 158 valence electrons. The lowest BCUT2D eigenvalue weighted by Crippen LogP contribution is -2.46. The molecule has 0 bridgehead atoms. The highest BCUT2D eigenvalue weighted by atomic mass is 35.5. The average molecular weight is 427 g/mol. The van der Waals surface area contributed by atoms with Crippen molar-refractivity contribution in [1.29, 1.82) is 0 Å².